The Bertz CT molecular complexity index is 528. The van der Waals surface area contributed by atoms with Crippen molar-refractivity contribution < 1.29 is 4.42 Å². The molecule has 17 heavy (non-hydrogen) atoms. The van der Waals surface area contributed by atoms with Gasteiger partial charge in [0.05, 0.1) is 6.04 Å². The summed E-state index contributed by atoms with van der Waals surface area (Å²) in [7, 11) is 0. The van der Waals surface area contributed by atoms with Gasteiger partial charge in [-0.15, -0.1) is 0 Å². The number of hydrogen-bond donors (Lipinski definition) is 2. The van der Waals surface area contributed by atoms with Crippen molar-refractivity contribution in [1.29, 1.82) is 0 Å². The van der Waals surface area contributed by atoms with Crippen molar-refractivity contribution in [2.24, 2.45) is 0 Å². The summed E-state index contributed by atoms with van der Waals surface area (Å²) in [6.45, 7) is 6.25. The highest BCUT2D eigenvalue weighted by molar-refractivity contribution is 5.77. The lowest BCUT2D eigenvalue weighted by molar-refractivity contribution is 0.472. The first-order chi connectivity index (χ1) is 8.22. The van der Waals surface area contributed by atoms with E-state index in [2.05, 4.69) is 41.6 Å². The van der Waals surface area contributed by atoms with Crippen LogP contribution in [-0.2, 0) is 0 Å². The molecule has 2 N–H and O–H groups in total. The van der Waals surface area contributed by atoms with Gasteiger partial charge in [0.1, 0.15) is 5.52 Å². The normalized spacial score (nSPS) is 16.4. The zero-order valence-corrected chi connectivity index (χ0v) is 10.2. The van der Waals surface area contributed by atoms with Crippen molar-refractivity contribution >= 4 is 16.8 Å². The third-order valence-corrected chi connectivity index (χ3v) is 3.05. The van der Waals surface area contributed by atoms with Crippen LogP contribution in [0.15, 0.2) is 22.6 Å². The Hall–Kier alpha value is -1.55. The monoisotopic (exact) mass is 231 g/mol. The van der Waals surface area contributed by atoms with E-state index in [-0.39, 0.29) is 0 Å². The quantitative estimate of drug-likeness (QED) is 0.851. The van der Waals surface area contributed by atoms with Crippen molar-refractivity contribution in [3.63, 3.8) is 0 Å². The Labute approximate surface area is 100 Å². The van der Waals surface area contributed by atoms with Crippen LogP contribution in [0, 0.1) is 0 Å². The molecule has 0 saturated carbocycles. The van der Waals surface area contributed by atoms with E-state index in [0.717, 1.165) is 35.8 Å². The third-order valence-electron chi connectivity index (χ3n) is 3.05. The molecular formula is C13H17N3O. The van der Waals surface area contributed by atoms with Gasteiger partial charge in [0.2, 0.25) is 0 Å². The van der Waals surface area contributed by atoms with Gasteiger partial charge < -0.3 is 15.1 Å². The second-order valence-electron chi connectivity index (χ2n) is 4.89. The molecule has 0 bridgehead atoms. The lowest BCUT2D eigenvalue weighted by atomic mass is 10.1. The van der Waals surface area contributed by atoms with Crippen molar-refractivity contribution in [3.05, 3.63) is 24.1 Å². The van der Waals surface area contributed by atoms with Gasteiger partial charge in [-0.1, -0.05) is 13.8 Å². The van der Waals surface area contributed by atoms with Gasteiger partial charge in [0.15, 0.2) is 11.5 Å². The van der Waals surface area contributed by atoms with Crippen LogP contribution < -0.4 is 10.6 Å². The Morgan fingerprint density at radius 2 is 2.24 bits per heavy atom. The highest BCUT2D eigenvalue weighted by Crippen LogP contribution is 2.24. The molecule has 0 spiro atoms. The molecule has 1 aromatic heterocycles. The molecule has 1 fully saturated rings. The highest BCUT2D eigenvalue weighted by Gasteiger charge is 2.16. The van der Waals surface area contributed by atoms with Gasteiger partial charge in [-0.3, -0.25) is 0 Å². The number of nitrogens with zero attached hydrogens (tertiary/aromatic N) is 1. The predicted octanol–water partition coefficient (Wildman–Crippen LogP) is 2.33. The van der Waals surface area contributed by atoms with Gasteiger partial charge in [-0.25, -0.2) is 4.98 Å². The fourth-order valence-corrected chi connectivity index (χ4v) is 1.91. The molecule has 1 aliphatic heterocycles. The van der Waals surface area contributed by atoms with Crippen molar-refractivity contribution in [3.8, 4) is 0 Å². The van der Waals surface area contributed by atoms with Crippen molar-refractivity contribution in [1.82, 2.24) is 10.3 Å². The van der Waals surface area contributed by atoms with E-state index < -0.39 is 0 Å². The molecule has 1 aliphatic rings. The molecule has 1 saturated heterocycles. The Balaban J connectivity index is 1.89. The van der Waals surface area contributed by atoms with E-state index in [4.69, 9.17) is 4.42 Å². The van der Waals surface area contributed by atoms with E-state index in [9.17, 15) is 0 Å². The Morgan fingerprint density at radius 1 is 1.41 bits per heavy atom. The lowest BCUT2D eigenvalue weighted by Gasteiger charge is -2.28. The van der Waals surface area contributed by atoms with E-state index in [1.807, 2.05) is 6.07 Å². The van der Waals surface area contributed by atoms with E-state index >= 15 is 0 Å². The van der Waals surface area contributed by atoms with Crippen molar-refractivity contribution in [2.75, 3.05) is 18.4 Å². The first kappa shape index (κ1) is 10.6. The Morgan fingerprint density at radius 3 is 2.88 bits per heavy atom. The minimum atomic E-state index is 0.328. The lowest BCUT2D eigenvalue weighted by Crippen LogP contribution is -2.51. The van der Waals surface area contributed by atoms with Crippen LogP contribution in [-0.4, -0.2) is 24.1 Å². The minimum absolute atomic E-state index is 0.328. The van der Waals surface area contributed by atoms with Gasteiger partial charge in [-0.2, -0.15) is 0 Å². The van der Waals surface area contributed by atoms with Crippen LogP contribution in [0.5, 0.6) is 0 Å². The summed E-state index contributed by atoms with van der Waals surface area (Å²) in [5.41, 5.74) is 2.92. The van der Waals surface area contributed by atoms with Crippen molar-refractivity contribution in [2.45, 2.75) is 25.8 Å². The number of benzene rings is 1. The predicted molar refractivity (Wildman–Crippen MR) is 68.4 cm³/mol. The summed E-state index contributed by atoms with van der Waals surface area (Å²) >= 11 is 0. The summed E-state index contributed by atoms with van der Waals surface area (Å²) in [4.78, 5) is 4.50. The number of anilines is 1. The number of oxazole rings is 1. The number of nitrogens with one attached hydrogen (secondary N) is 2. The van der Waals surface area contributed by atoms with Crippen LogP contribution >= 0.6 is 0 Å². The first-order valence-electron chi connectivity index (χ1n) is 6.10. The van der Waals surface area contributed by atoms with Crippen LogP contribution in [0.25, 0.3) is 11.1 Å². The number of fused-ring (bicyclic) bond motifs is 1. The number of hydrogen-bond acceptors (Lipinski definition) is 4. The fourth-order valence-electron chi connectivity index (χ4n) is 1.91. The second-order valence-corrected chi connectivity index (χ2v) is 4.89. The molecule has 4 heteroatoms. The molecule has 4 nitrogen and oxygen atoms in total. The average molecular weight is 231 g/mol. The zero-order valence-electron chi connectivity index (χ0n) is 10.2. The SMILES string of the molecule is CC(C)c1nc2cc(NC3CNC3)ccc2o1. The van der Waals surface area contributed by atoms with Crippen LogP contribution in [0.4, 0.5) is 5.69 Å². The van der Waals surface area contributed by atoms with E-state index in [0.29, 0.717) is 12.0 Å². The fraction of sp³-hybridized carbons (Fsp3) is 0.462. The van der Waals surface area contributed by atoms with E-state index in [1.165, 1.54) is 0 Å². The molecule has 2 heterocycles. The zero-order chi connectivity index (χ0) is 11.8. The van der Waals surface area contributed by atoms with Gasteiger partial charge in [0.25, 0.3) is 0 Å². The summed E-state index contributed by atoms with van der Waals surface area (Å²) in [5, 5.41) is 6.71. The first-order valence-corrected chi connectivity index (χ1v) is 6.10. The molecule has 90 valence electrons. The van der Waals surface area contributed by atoms with Gasteiger partial charge >= 0.3 is 0 Å². The second kappa shape index (κ2) is 4.04. The maximum atomic E-state index is 5.68. The maximum absolute atomic E-state index is 5.68. The Kier molecular flexibility index (Phi) is 2.52. The molecule has 0 radical (unpaired) electrons. The van der Waals surface area contributed by atoms with Crippen LogP contribution in [0.3, 0.4) is 0 Å². The maximum Gasteiger partial charge on any atom is 0.198 e. The van der Waals surface area contributed by atoms with Crippen LogP contribution in [0.2, 0.25) is 0 Å². The molecule has 0 unspecified atom stereocenters. The standard InChI is InChI=1S/C13H17N3O/c1-8(2)13-16-11-5-9(3-4-12(11)17-13)15-10-6-14-7-10/h3-5,8,10,14-15H,6-7H2,1-2H3. The molecule has 3 rings (SSSR count). The number of aromatic nitrogens is 1. The molecule has 0 aliphatic carbocycles. The molecular weight excluding hydrogens is 214 g/mol. The minimum Gasteiger partial charge on any atom is -0.440 e. The van der Waals surface area contributed by atoms with Gasteiger partial charge in [0, 0.05) is 24.7 Å². The topological polar surface area (TPSA) is 50.1 Å². The highest BCUT2D eigenvalue weighted by atomic mass is 16.3. The summed E-state index contributed by atoms with van der Waals surface area (Å²) in [6, 6.07) is 6.64. The molecule has 0 amide bonds. The number of rotatable bonds is 3. The molecule has 2 aromatic rings. The molecule has 1 aromatic carbocycles. The smallest absolute Gasteiger partial charge is 0.198 e. The largest absolute Gasteiger partial charge is 0.440 e. The third kappa shape index (κ3) is 2.00. The van der Waals surface area contributed by atoms with Gasteiger partial charge in [-0.05, 0) is 18.2 Å². The average Bonchev–Trinajstić information content (AvgIpc) is 2.66. The van der Waals surface area contributed by atoms with Crippen LogP contribution in [0.1, 0.15) is 25.7 Å². The summed E-state index contributed by atoms with van der Waals surface area (Å²) in [5.74, 6) is 1.14. The summed E-state index contributed by atoms with van der Waals surface area (Å²) in [6.07, 6.45) is 0. The summed E-state index contributed by atoms with van der Waals surface area (Å²) < 4.78 is 5.68. The molecule has 0 atom stereocenters. The van der Waals surface area contributed by atoms with E-state index in [1.54, 1.807) is 0 Å².